The minimum Gasteiger partial charge on any atom is -0.480 e. The summed E-state index contributed by atoms with van der Waals surface area (Å²) in [6.45, 7) is -1.82. The van der Waals surface area contributed by atoms with Gasteiger partial charge in [-0.25, -0.2) is 0 Å². The van der Waals surface area contributed by atoms with Crippen LogP contribution in [0.25, 0.3) is 0 Å². The van der Waals surface area contributed by atoms with Crippen LogP contribution in [-0.2, 0) is 14.3 Å². The van der Waals surface area contributed by atoms with Crippen LogP contribution in [-0.4, -0.2) is 42.9 Å². The maximum Gasteiger partial charge on any atom is 0.411 e. The molecule has 0 aromatic heterocycles. The van der Waals surface area contributed by atoms with Crippen molar-refractivity contribution >= 4 is 11.9 Å². The van der Waals surface area contributed by atoms with Crippen LogP contribution in [0.4, 0.5) is 13.2 Å². The molecular formula is C9H12F3NO4. The van der Waals surface area contributed by atoms with E-state index in [2.05, 4.69) is 10.1 Å². The van der Waals surface area contributed by atoms with Crippen LogP contribution < -0.4 is 5.32 Å². The van der Waals surface area contributed by atoms with Crippen molar-refractivity contribution in [3.05, 3.63) is 0 Å². The number of carboxylic acid groups (broad SMARTS) is 1. The summed E-state index contributed by atoms with van der Waals surface area (Å²) in [7, 11) is 0. The van der Waals surface area contributed by atoms with E-state index in [4.69, 9.17) is 5.11 Å². The van der Waals surface area contributed by atoms with Gasteiger partial charge in [0.15, 0.2) is 0 Å². The monoisotopic (exact) mass is 255 g/mol. The van der Waals surface area contributed by atoms with Crippen LogP contribution in [0.15, 0.2) is 0 Å². The fourth-order valence-electron chi connectivity index (χ4n) is 1.26. The van der Waals surface area contributed by atoms with Gasteiger partial charge in [0, 0.05) is 6.54 Å². The van der Waals surface area contributed by atoms with Gasteiger partial charge in [-0.1, -0.05) is 0 Å². The highest BCUT2D eigenvalue weighted by Crippen LogP contribution is 2.45. The predicted molar refractivity (Wildman–Crippen MR) is 49.2 cm³/mol. The molecule has 1 aliphatic carbocycles. The van der Waals surface area contributed by atoms with E-state index < -0.39 is 30.1 Å². The molecule has 0 unspecified atom stereocenters. The van der Waals surface area contributed by atoms with Gasteiger partial charge >= 0.3 is 12.1 Å². The van der Waals surface area contributed by atoms with E-state index in [-0.39, 0.29) is 26.0 Å². The summed E-state index contributed by atoms with van der Waals surface area (Å²) in [5, 5.41) is 11.0. The molecule has 0 heterocycles. The number of carbonyl (C=O) groups is 2. The summed E-state index contributed by atoms with van der Waals surface area (Å²) in [6, 6.07) is 0. The van der Waals surface area contributed by atoms with E-state index >= 15 is 0 Å². The molecule has 5 nitrogen and oxygen atoms in total. The number of halogens is 3. The molecule has 0 spiro atoms. The lowest BCUT2D eigenvalue weighted by Crippen LogP contribution is -2.38. The zero-order valence-electron chi connectivity index (χ0n) is 8.84. The van der Waals surface area contributed by atoms with Crippen molar-refractivity contribution in [2.45, 2.75) is 19.0 Å². The number of hydrogen-bond donors (Lipinski definition) is 2. The Bertz CT molecular complexity index is 312. The Kier molecular flexibility index (Phi) is 3.97. The summed E-state index contributed by atoms with van der Waals surface area (Å²) in [6.07, 6.45) is -3.88. The fraction of sp³-hybridized carbons (Fsp3) is 0.778. The van der Waals surface area contributed by atoms with Crippen LogP contribution in [0.3, 0.4) is 0 Å². The molecule has 0 aromatic carbocycles. The molecule has 1 saturated carbocycles. The van der Waals surface area contributed by atoms with Crippen molar-refractivity contribution in [3.8, 4) is 0 Å². The summed E-state index contributed by atoms with van der Waals surface area (Å²) in [4.78, 5) is 22.1. The molecule has 2 N–H and O–H groups in total. The normalized spacial score (nSPS) is 17.6. The van der Waals surface area contributed by atoms with E-state index in [1.54, 1.807) is 0 Å². The first-order valence-corrected chi connectivity index (χ1v) is 4.94. The van der Waals surface area contributed by atoms with Crippen LogP contribution in [0.2, 0.25) is 0 Å². The average molecular weight is 255 g/mol. The van der Waals surface area contributed by atoms with E-state index in [1.807, 2.05) is 0 Å². The number of carboxylic acids is 1. The first-order chi connectivity index (χ1) is 7.78. The van der Waals surface area contributed by atoms with E-state index in [1.165, 1.54) is 0 Å². The fourth-order valence-corrected chi connectivity index (χ4v) is 1.26. The number of aliphatic carboxylic acids is 1. The average Bonchev–Trinajstić information content (AvgIpc) is 2.95. The van der Waals surface area contributed by atoms with Crippen molar-refractivity contribution in [1.82, 2.24) is 5.32 Å². The molecule has 1 aliphatic rings. The minimum absolute atomic E-state index is 0.135. The predicted octanol–water partition coefficient (Wildman–Crippen LogP) is 0.546. The number of nitrogens with one attached hydrogen (secondary N) is 1. The third-order valence-corrected chi connectivity index (χ3v) is 2.39. The third-order valence-electron chi connectivity index (χ3n) is 2.39. The molecule has 1 rings (SSSR count). The molecule has 17 heavy (non-hydrogen) atoms. The highest BCUT2D eigenvalue weighted by molar-refractivity contribution is 6.04. The first-order valence-electron chi connectivity index (χ1n) is 4.94. The van der Waals surface area contributed by atoms with E-state index in [0.29, 0.717) is 0 Å². The Morgan fingerprint density at radius 3 is 2.35 bits per heavy atom. The van der Waals surface area contributed by atoms with Crippen LogP contribution in [0.1, 0.15) is 12.8 Å². The molecule has 0 radical (unpaired) electrons. The number of ether oxygens (including phenoxy) is 1. The van der Waals surface area contributed by atoms with Crippen molar-refractivity contribution in [3.63, 3.8) is 0 Å². The molecule has 0 atom stereocenters. The molecule has 0 saturated heterocycles. The van der Waals surface area contributed by atoms with Crippen molar-refractivity contribution < 1.29 is 32.6 Å². The number of hydrogen-bond acceptors (Lipinski definition) is 3. The van der Waals surface area contributed by atoms with Crippen molar-refractivity contribution in [1.29, 1.82) is 0 Å². The lowest BCUT2D eigenvalue weighted by Gasteiger charge is -2.11. The largest absolute Gasteiger partial charge is 0.480 e. The number of carbonyl (C=O) groups excluding carboxylic acids is 1. The SMILES string of the molecule is O=C(O)C1(C(=O)NCCOCC(F)(F)F)CC1. The van der Waals surface area contributed by atoms with Gasteiger partial charge in [0.05, 0.1) is 6.61 Å². The molecule has 0 aromatic rings. The number of amides is 1. The highest BCUT2D eigenvalue weighted by atomic mass is 19.4. The Labute approximate surface area is 94.9 Å². The smallest absolute Gasteiger partial charge is 0.411 e. The van der Waals surface area contributed by atoms with Gasteiger partial charge in [0.2, 0.25) is 5.91 Å². The van der Waals surface area contributed by atoms with Gasteiger partial charge in [0.25, 0.3) is 0 Å². The van der Waals surface area contributed by atoms with Gasteiger partial charge in [0.1, 0.15) is 12.0 Å². The third kappa shape index (κ3) is 3.88. The van der Waals surface area contributed by atoms with Crippen LogP contribution >= 0.6 is 0 Å². The molecule has 98 valence electrons. The van der Waals surface area contributed by atoms with Gasteiger partial charge < -0.3 is 15.2 Å². The Balaban J connectivity index is 2.16. The van der Waals surface area contributed by atoms with Gasteiger partial charge in [-0.15, -0.1) is 0 Å². The summed E-state index contributed by atoms with van der Waals surface area (Å²) in [5.41, 5.74) is -1.37. The van der Waals surface area contributed by atoms with Crippen molar-refractivity contribution in [2.24, 2.45) is 5.41 Å². The summed E-state index contributed by atoms with van der Waals surface area (Å²) < 4.78 is 39.2. The van der Waals surface area contributed by atoms with E-state index in [0.717, 1.165) is 0 Å². The lowest BCUT2D eigenvalue weighted by atomic mass is 10.1. The first kappa shape index (κ1) is 13.8. The van der Waals surface area contributed by atoms with Crippen LogP contribution in [0.5, 0.6) is 0 Å². The molecule has 0 aliphatic heterocycles. The maximum atomic E-state index is 11.7. The Hall–Kier alpha value is -1.31. The second kappa shape index (κ2) is 4.91. The van der Waals surface area contributed by atoms with Crippen LogP contribution in [0, 0.1) is 5.41 Å². The molecule has 8 heteroatoms. The van der Waals surface area contributed by atoms with E-state index in [9.17, 15) is 22.8 Å². The van der Waals surface area contributed by atoms with Crippen molar-refractivity contribution in [2.75, 3.05) is 19.8 Å². The molecule has 0 bridgehead atoms. The summed E-state index contributed by atoms with van der Waals surface area (Å²) >= 11 is 0. The maximum absolute atomic E-state index is 11.7. The lowest BCUT2D eigenvalue weighted by molar-refractivity contribution is -0.173. The summed E-state index contributed by atoms with van der Waals surface area (Å²) in [5.74, 6) is -1.87. The molecule has 1 fully saturated rings. The Morgan fingerprint density at radius 1 is 1.35 bits per heavy atom. The second-order valence-electron chi connectivity index (χ2n) is 3.81. The van der Waals surface area contributed by atoms with Gasteiger partial charge in [-0.3, -0.25) is 9.59 Å². The molecular weight excluding hydrogens is 243 g/mol. The zero-order chi connectivity index (χ0) is 13.1. The highest BCUT2D eigenvalue weighted by Gasteiger charge is 2.56. The number of alkyl halides is 3. The zero-order valence-corrected chi connectivity index (χ0v) is 8.84. The standard InChI is InChI=1S/C9H12F3NO4/c10-9(11,12)5-17-4-3-13-6(14)8(1-2-8)7(15)16/h1-5H2,(H,13,14)(H,15,16). The second-order valence-corrected chi connectivity index (χ2v) is 3.81. The number of rotatable bonds is 6. The topological polar surface area (TPSA) is 75.6 Å². The quantitative estimate of drug-likeness (QED) is 0.536. The van der Waals surface area contributed by atoms with Gasteiger partial charge in [-0.05, 0) is 12.8 Å². The minimum atomic E-state index is -4.40. The molecule has 1 amide bonds. The Morgan fingerprint density at radius 2 is 1.94 bits per heavy atom. The van der Waals surface area contributed by atoms with Gasteiger partial charge in [-0.2, -0.15) is 13.2 Å².